The first-order chi connectivity index (χ1) is 70.3. The van der Waals surface area contributed by atoms with Crippen molar-refractivity contribution in [2.75, 3.05) is 13.7 Å². The third-order valence-electron chi connectivity index (χ3n) is 21.0. The Bertz CT molecular complexity index is 7640. The van der Waals surface area contributed by atoms with Gasteiger partial charge in [0.05, 0.1) is 62.7 Å². The van der Waals surface area contributed by atoms with Gasteiger partial charge in [0.25, 0.3) is 0 Å². The Balaban J connectivity index is 0.000000587. The lowest BCUT2D eigenvalue weighted by Crippen LogP contribution is -2.63. The summed E-state index contributed by atoms with van der Waals surface area (Å²) in [6.07, 6.45) is -12.9. The predicted octanol–water partition coefficient (Wildman–Crippen LogP) is 7.78. The highest BCUT2D eigenvalue weighted by Crippen LogP contribution is 2.49. The number of carbonyl (C=O) groups excluding carboxylic acids is 14. The summed E-state index contributed by atoms with van der Waals surface area (Å²) in [6.45, 7) is -1.71. The zero-order chi connectivity index (χ0) is 109. The number of benzene rings is 12. The molecular formula is C97H66O52. The van der Waals surface area contributed by atoms with E-state index in [4.69, 9.17) is 56.8 Å². The summed E-state index contributed by atoms with van der Waals surface area (Å²) in [4.78, 5) is 188. The number of ether oxygens (including phenoxy) is 12. The molecule has 52 heteroatoms. The second-order valence-corrected chi connectivity index (χ2v) is 30.9. The number of carbonyl (C=O) groups is 14. The number of aromatic hydroxyl groups is 25. The smallest absolute Gasteiger partial charge is 0.343 e. The highest BCUT2D eigenvalue weighted by molar-refractivity contribution is 6.50. The van der Waals surface area contributed by atoms with Crippen molar-refractivity contribution in [2.45, 2.75) is 30.7 Å². The first-order valence-corrected chi connectivity index (χ1v) is 41.1. The molecule has 0 aromatic heterocycles. The molecule has 26 N–H and O–H groups in total. The molecule has 1 unspecified atom stereocenters. The minimum Gasteiger partial charge on any atom is -0.507 e. The van der Waals surface area contributed by atoms with Gasteiger partial charge in [-0.2, -0.15) is 0 Å². The molecule has 3 aliphatic rings. The number of allylic oxidation sites excluding steroid dienone is 3. The lowest BCUT2D eigenvalue weighted by molar-refractivity contribution is -0.282. The van der Waals surface area contributed by atoms with E-state index in [2.05, 4.69) is 0 Å². The number of methoxy groups -OCH3 is 1. The van der Waals surface area contributed by atoms with Crippen LogP contribution in [0.2, 0.25) is 0 Å². The number of aliphatic hydroxyl groups excluding tert-OH is 1. The lowest BCUT2D eigenvalue weighted by atomic mass is 9.94. The lowest BCUT2D eigenvalue weighted by Gasteiger charge is -2.43. The zero-order valence-corrected chi connectivity index (χ0v) is 74.2. The molecule has 0 saturated carbocycles. The normalized spacial score (nSPS) is 14.7. The van der Waals surface area contributed by atoms with E-state index in [0.29, 0.717) is 138 Å². The van der Waals surface area contributed by atoms with Gasteiger partial charge in [0, 0.05) is 34.4 Å². The van der Waals surface area contributed by atoms with Gasteiger partial charge < -0.3 is 190 Å². The first kappa shape index (κ1) is 104. The molecule has 149 heavy (non-hydrogen) atoms. The molecule has 1 heterocycles. The van der Waals surface area contributed by atoms with Crippen molar-refractivity contribution < 1.29 is 257 Å². The van der Waals surface area contributed by atoms with Crippen LogP contribution in [-0.4, -0.2) is 260 Å². The van der Waals surface area contributed by atoms with Gasteiger partial charge in [-0.25, -0.2) is 47.9 Å². The van der Waals surface area contributed by atoms with Gasteiger partial charge in [-0.15, -0.1) is 0 Å². The summed E-state index contributed by atoms with van der Waals surface area (Å²) in [5.41, 5.74) is -8.34. The van der Waals surface area contributed by atoms with Crippen molar-refractivity contribution in [1.82, 2.24) is 0 Å². The Hall–Kier alpha value is -21.9. The number of ketones is 4. The second-order valence-electron chi connectivity index (χ2n) is 30.9. The number of aliphatic hydroxyl groups is 1. The number of phenolic OH excluding ortho intramolecular Hbond substituents is 25. The molecule has 0 bridgehead atoms. The van der Waals surface area contributed by atoms with Gasteiger partial charge in [-0.05, 0) is 121 Å². The molecule has 5 atom stereocenters. The predicted molar refractivity (Wildman–Crippen MR) is 479 cm³/mol. The molecule has 0 spiro atoms. The molecule has 2 aliphatic carbocycles. The molecule has 1 fully saturated rings. The molecule has 52 nitrogen and oxygen atoms in total. The zero-order valence-electron chi connectivity index (χ0n) is 74.2. The number of Topliss-reactive ketones (excluding diaryl/α,β-unsaturated/α-hetero) is 2. The Morgan fingerprint density at radius 3 is 0.772 bits per heavy atom. The average Bonchev–Trinajstić information content (AvgIpc) is 0.835. The van der Waals surface area contributed by atoms with Crippen LogP contribution >= 0.6 is 0 Å². The summed E-state index contributed by atoms with van der Waals surface area (Å²) < 4.78 is 65.2. The first-order valence-electron chi connectivity index (χ1n) is 41.1. The van der Waals surface area contributed by atoms with Crippen LogP contribution in [0.5, 0.6) is 172 Å². The Morgan fingerprint density at radius 2 is 0.483 bits per heavy atom. The monoisotopic (exact) mass is 2060 g/mol. The number of esters is 10. The minimum absolute atomic E-state index is 0.105. The summed E-state index contributed by atoms with van der Waals surface area (Å²) >= 11 is 0. The van der Waals surface area contributed by atoms with Crippen LogP contribution in [0.3, 0.4) is 0 Å². The Morgan fingerprint density at radius 1 is 0.248 bits per heavy atom. The maximum absolute atomic E-state index is 15.3. The van der Waals surface area contributed by atoms with Crippen LogP contribution in [-0.2, 0) is 38.0 Å². The van der Waals surface area contributed by atoms with Gasteiger partial charge in [-0.3, -0.25) is 19.2 Å². The van der Waals surface area contributed by atoms with Gasteiger partial charge in [-0.1, -0.05) is 48.5 Å². The van der Waals surface area contributed by atoms with Gasteiger partial charge in [0.15, 0.2) is 167 Å². The topological polar surface area (TPSA) is 876 Å². The van der Waals surface area contributed by atoms with Crippen LogP contribution in [0.15, 0.2) is 188 Å². The largest absolute Gasteiger partial charge is 0.507 e. The molecule has 0 radical (unpaired) electrons. The van der Waals surface area contributed by atoms with Crippen LogP contribution in [0, 0.1) is 0 Å². The van der Waals surface area contributed by atoms with Crippen LogP contribution in [0.4, 0.5) is 0 Å². The maximum Gasteiger partial charge on any atom is 0.343 e. The highest BCUT2D eigenvalue weighted by Gasteiger charge is 2.56. The minimum atomic E-state index is -3.12. The third-order valence-corrected chi connectivity index (χ3v) is 21.0. The van der Waals surface area contributed by atoms with Gasteiger partial charge in [0.1, 0.15) is 18.5 Å². The van der Waals surface area contributed by atoms with Crippen molar-refractivity contribution in [3.05, 3.63) is 266 Å². The van der Waals surface area contributed by atoms with E-state index in [1.165, 1.54) is 19.3 Å². The summed E-state index contributed by atoms with van der Waals surface area (Å²) in [7, 11) is 1.38. The Labute approximate surface area is 824 Å². The molecule has 1 saturated heterocycles. The summed E-state index contributed by atoms with van der Waals surface area (Å²) in [5.74, 6) is -57.6. The van der Waals surface area contributed by atoms with Crippen LogP contribution in [0.25, 0.3) is 5.76 Å². The fraction of sp³-hybridized carbons (Fsp3) is 0.0722. The standard InChI is InChI=1S/C76H52O46.C11H8O3.C10H6O3/c77-32-1-22(2-33(78)53(32)92)67(103)113-47-16-27(11-42(87)58(47)97)66(102)112-21-52-63(119-72(108)28-12-43(88)59(98)48(17-28)114-68(104)23-3-34(79)54(93)35(80)4-23)64(120-73(109)29-13-44(89)60(99)49(18-29)115-69(105)24-5-36(81)55(94)37(82)6-24)65(121-74(110)30-14-45(90)61(100)50(19-30)116-70(106)25-7-38(83)56(95)39(84)8-25)76(118-52)122-75(111)31-15-46(91)62(101)51(20-31)117-71(107)26-9-40(85)57(96)41(86)10-26;1-14-10-6-9(12)7-4-2-3-5-8(7)11(10)13;11-8-5-9(12)10(13)7-4-2-1-3-6(7)8/h1-20,52,63-65,76-101H,21H2;2-6H,1H3;1-5,11H/t52-,63-,64+,65-,76?;;/m1../s1. The second kappa shape index (κ2) is 42.2. The summed E-state index contributed by atoms with van der Waals surface area (Å²) in [5, 5.41) is 271. The summed E-state index contributed by atoms with van der Waals surface area (Å²) in [6, 6.07) is 21.8. The molecule has 12 aromatic carbocycles. The molecular weight excluding hydrogens is 2000 g/mol. The number of rotatable bonds is 22. The number of hydrogen-bond acceptors (Lipinski definition) is 52. The quantitative estimate of drug-likeness (QED) is 0.0101. The third kappa shape index (κ3) is 22.3. The highest BCUT2D eigenvalue weighted by atomic mass is 16.8. The molecule has 0 amide bonds. The molecule has 766 valence electrons. The Kier molecular flexibility index (Phi) is 29.6. The van der Waals surface area contributed by atoms with E-state index in [-0.39, 0.29) is 28.6 Å². The van der Waals surface area contributed by atoms with Gasteiger partial charge >= 0.3 is 59.7 Å². The van der Waals surface area contributed by atoms with Crippen molar-refractivity contribution in [1.29, 1.82) is 0 Å². The van der Waals surface area contributed by atoms with E-state index in [0.717, 1.165) is 6.08 Å². The van der Waals surface area contributed by atoms with Crippen molar-refractivity contribution in [3.63, 3.8) is 0 Å². The SMILES string of the molecule is COC1=CC(=O)c2ccccc2C1=O.O=C(OC[C@H]1OC(OC(=O)c2cc(O)c(O)c(OC(=O)c3cc(O)c(O)c(O)c3)c2)[C@H](OC(=O)c2cc(O)c(O)c(OC(=O)c3cc(O)c(O)c(O)c3)c2)[C@@H](OC(=O)c2cc(O)c(O)c(OC(=O)c3cc(O)c(O)c(O)c3)c2)[C@@H]1OC(=O)c1cc(O)c(O)c(OC(=O)c2cc(O)c(O)c(O)c2)c1)c1cc(O)c(O)c(OC(=O)c2cc(O)c(O)c(O)c2)c1.O=C1C=C(O)c2ccccc2C1=O. The van der Waals surface area contributed by atoms with E-state index in [1.807, 2.05) is 0 Å². The molecule has 1 aliphatic heterocycles. The van der Waals surface area contributed by atoms with Gasteiger partial charge in [0.2, 0.25) is 58.5 Å². The van der Waals surface area contributed by atoms with Crippen LogP contribution in [0.1, 0.15) is 140 Å². The number of fused-ring (bicyclic) bond motifs is 2. The fourth-order valence-electron chi connectivity index (χ4n) is 13.6. The fourth-order valence-corrected chi connectivity index (χ4v) is 13.6. The van der Waals surface area contributed by atoms with Crippen LogP contribution < -0.4 is 23.7 Å². The van der Waals surface area contributed by atoms with Crippen molar-refractivity contribution in [3.8, 4) is 172 Å². The van der Waals surface area contributed by atoms with E-state index in [1.54, 1.807) is 42.5 Å². The maximum atomic E-state index is 15.3. The number of hydrogen-bond donors (Lipinski definition) is 26. The molecule has 15 rings (SSSR count). The number of phenols is 25. The van der Waals surface area contributed by atoms with E-state index < -0.39 is 337 Å². The van der Waals surface area contributed by atoms with Crippen molar-refractivity contribution in [2.24, 2.45) is 0 Å². The van der Waals surface area contributed by atoms with E-state index >= 15 is 14.4 Å². The average molecular weight is 2060 g/mol. The van der Waals surface area contributed by atoms with E-state index in [9.17, 15) is 186 Å². The molecule has 12 aromatic rings. The van der Waals surface area contributed by atoms with Crippen molar-refractivity contribution >= 4 is 88.6 Å².